The highest BCUT2D eigenvalue weighted by atomic mass is 16.5. The van der Waals surface area contributed by atoms with Crippen molar-refractivity contribution in [1.29, 1.82) is 0 Å². The van der Waals surface area contributed by atoms with Crippen LogP contribution in [0.2, 0.25) is 0 Å². The summed E-state index contributed by atoms with van der Waals surface area (Å²) in [5, 5.41) is 8.66. The third-order valence-electron chi connectivity index (χ3n) is 3.58. The molecule has 0 fully saturated rings. The van der Waals surface area contributed by atoms with E-state index < -0.39 is 5.97 Å². The Balaban J connectivity index is 1.95. The van der Waals surface area contributed by atoms with Gasteiger partial charge in [-0.2, -0.15) is 0 Å². The fourth-order valence-corrected chi connectivity index (χ4v) is 2.23. The van der Waals surface area contributed by atoms with Crippen LogP contribution in [0.3, 0.4) is 0 Å². The number of carboxylic acid groups (broad SMARTS) is 1. The van der Waals surface area contributed by atoms with Gasteiger partial charge in [0.1, 0.15) is 18.1 Å². The van der Waals surface area contributed by atoms with Gasteiger partial charge in [0.05, 0.1) is 6.42 Å². The normalized spacial score (nSPS) is 10.5. The molecule has 0 bridgehead atoms. The first-order valence-electron chi connectivity index (χ1n) is 7.63. The molecule has 2 rings (SSSR count). The molecule has 1 N–H and O–H groups in total. The predicted octanol–water partition coefficient (Wildman–Crippen LogP) is 3.02. The van der Waals surface area contributed by atoms with Gasteiger partial charge in [-0.1, -0.05) is 17.7 Å². The minimum atomic E-state index is -0.948. The van der Waals surface area contributed by atoms with Crippen molar-refractivity contribution in [3.63, 3.8) is 0 Å². The molecule has 0 aliphatic heterocycles. The van der Waals surface area contributed by atoms with E-state index in [0.717, 1.165) is 16.9 Å². The lowest BCUT2D eigenvalue weighted by Gasteiger charge is -2.14. The third kappa shape index (κ3) is 4.62. The lowest BCUT2D eigenvalue weighted by Crippen LogP contribution is -2.28. The Morgan fingerprint density at radius 3 is 2.62 bits per heavy atom. The number of aliphatic carboxylic acids is 1. The van der Waals surface area contributed by atoms with Crippen molar-refractivity contribution in [2.24, 2.45) is 0 Å². The second-order valence-corrected chi connectivity index (χ2v) is 5.69. The number of nitrogens with zero attached hydrogens (tertiary/aromatic N) is 1. The Kier molecular flexibility index (Phi) is 5.63. The van der Waals surface area contributed by atoms with E-state index in [1.54, 1.807) is 19.2 Å². The molecule has 1 aromatic carbocycles. The van der Waals surface area contributed by atoms with Gasteiger partial charge in [0, 0.05) is 13.6 Å². The summed E-state index contributed by atoms with van der Waals surface area (Å²) >= 11 is 0. The van der Waals surface area contributed by atoms with Crippen molar-refractivity contribution in [2.75, 3.05) is 13.6 Å². The number of furan rings is 1. The summed E-state index contributed by atoms with van der Waals surface area (Å²) in [4.78, 5) is 24.0. The highest BCUT2D eigenvalue weighted by Gasteiger charge is 2.17. The molecule has 128 valence electrons. The first kappa shape index (κ1) is 17.6. The summed E-state index contributed by atoms with van der Waals surface area (Å²) < 4.78 is 11.2. The summed E-state index contributed by atoms with van der Waals surface area (Å²) in [5.74, 6) is 0.168. The van der Waals surface area contributed by atoms with Gasteiger partial charge in [-0.15, -0.1) is 0 Å². The molecule has 0 atom stereocenters. The summed E-state index contributed by atoms with van der Waals surface area (Å²) in [5.41, 5.74) is 2.20. The maximum atomic E-state index is 12.1. The van der Waals surface area contributed by atoms with Crippen molar-refractivity contribution < 1.29 is 23.8 Å². The molecule has 1 aromatic heterocycles. The SMILES string of the molecule is Cc1ccc(OCc2ccc(C(=O)N(C)CCC(=O)O)o2)c(C)c1. The van der Waals surface area contributed by atoms with E-state index in [1.165, 1.54) is 4.90 Å². The average molecular weight is 331 g/mol. The van der Waals surface area contributed by atoms with E-state index in [0.29, 0.717) is 5.76 Å². The Bertz CT molecular complexity index is 735. The smallest absolute Gasteiger partial charge is 0.305 e. The van der Waals surface area contributed by atoms with Crippen LogP contribution in [-0.4, -0.2) is 35.5 Å². The fourth-order valence-electron chi connectivity index (χ4n) is 2.23. The number of aryl methyl sites for hydroxylation is 2. The van der Waals surface area contributed by atoms with Crippen molar-refractivity contribution in [2.45, 2.75) is 26.9 Å². The Labute approximate surface area is 140 Å². The van der Waals surface area contributed by atoms with Gasteiger partial charge in [0.2, 0.25) is 0 Å². The lowest BCUT2D eigenvalue weighted by molar-refractivity contribution is -0.137. The number of amides is 1. The maximum absolute atomic E-state index is 12.1. The molecule has 2 aromatic rings. The number of benzene rings is 1. The van der Waals surface area contributed by atoms with Crippen LogP contribution in [-0.2, 0) is 11.4 Å². The molecule has 6 heteroatoms. The maximum Gasteiger partial charge on any atom is 0.305 e. The van der Waals surface area contributed by atoms with Gasteiger partial charge in [0.15, 0.2) is 5.76 Å². The highest BCUT2D eigenvalue weighted by Crippen LogP contribution is 2.20. The van der Waals surface area contributed by atoms with Gasteiger partial charge < -0.3 is 19.2 Å². The van der Waals surface area contributed by atoms with Gasteiger partial charge in [-0.05, 0) is 37.6 Å². The minimum Gasteiger partial charge on any atom is -0.485 e. The first-order chi connectivity index (χ1) is 11.4. The van der Waals surface area contributed by atoms with Crippen LogP contribution < -0.4 is 4.74 Å². The molecule has 6 nitrogen and oxygen atoms in total. The molecule has 0 aliphatic rings. The van der Waals surface area contributed by atoms with Gasteiger partial charge in [0.25, 0.3) is 5.91 Å². The molecule has 0 spiro atoms. The molecule has 24 heavy (non-hydrogen) atoms. The van der Waals surface area contributed by atoms with Crippen molar-refractivity contribution in [3.8, 4) is 5.75 Å². The zero-order chi connectivity index (χ0) is 17.7. The molecule has 0 saturated heterocycles. The second kappa shape index (κ2) is 7.68. The number of carboxylic acids is 1. The van der Waals surface area contributed by atoms with Crippen LogP contribution in [0.15, 0.2) is 34.7 Å². The zero-order valence-electron chi connectivity index (χ0n) is 14.0. The standard InChI is InChI=1S/C18H21NO5/c1-12-4-6-15(13(2)10-12)23-11-14-5-7-16(24-14)18(22)19(3)9-8-17(20)21/h4-7,10H,8-9,11H2,1-3H3,(H,20,21). The summed E-state index contributed by atoms with van der Waals surface area (Å²) in [6, 6.07) is 9.15. The van der Waals surface area contributed by atoms with Crippen molar-refractivity contribution in [3.05, 3.63) is 53.0 Å². The monoisotopic (exact) mass is 331 g/mol. The Morgan fingerprint density at radius 1 is 1.21 bits per heavy atom. The molecular formula is C18H21NO5. The molecule has 1 amide bonds. The van der Waals surface area contributed by atoms with E-state index in [9.17, 15) is 9.59 Å². The lowest BCUT2D eigenvalue weighted by atomic mass is 10.1. The average Bonchev–Trinajstić information content (AvgIpc) is 3.00. The fraction of sp³-hybridized carbons (Fsp3) is 0.333. The second-order valence-electron chi connectivity index (χ2n) is 5.69. The van der Waals surface area contributed by atoms with Crippen LogP contribution in [0.1, 0.15) is 33.9 Å². The van der Waals surface area contributed by atoms with Crippen LogP contribution in [0.5, 0.6) is 5.75 Å². The molecule has 0 saturated carbocycles. The molecule has 0 aliphatic carbocycles. The molecule has 0 radical (unpaired) electrons. The zero-order valence-corrected chi connectivity index (χ0v) is 14.0. The third-order valence-corrected chi connectivity index (χ3v) is 3.58. The van der Waals surface area contributed by atoms with Gasteiger partial charge in [-0.3, -0.25) is 9.59 Å². The van der Waals surface area contributed by atoms with E-state index in [4.69, 9.17) is 14.3 Å². The minimum absolute atomic E-state index is 0.106. The van der Waals surface area contributed by atoms with E-state index in [1.807, 2.05) is 32.0 Å². The van der Waals surface area contributed by atoms with Crippen LogP contribution in [0.25, 0.3) is 0 Å². The van der Waals surface area contributed by atoms with Crippen LogP contribution >= 0.6 is 0 Å². The summed E-state index contributed by atoms with van der Waals surface area (Å²) in [6.45, 7) is 4.33. The van der Waals surface area contributed by atoms with Crippen LogP contribution in [0, 0.1) is 13.8 Å². The van der Waals surface area contributed by atoms with E-state index in [2.05, 4.69) is 0 Å². The predicted molar refractivity (Wildman–Crippen MR) is 88.2 cm³/mol. The summed E-state index contributed by atoms with van der Waals surface area (Å²) in [6.07, 6.45) is -0.106. The van der Waals surface area contributed by atoms with E-state index >= 15 is 0 Å². The van der Waals surface area contributed by atoms with Gasteiger partial charge in [-0.25, -0.2) is 0 Å². The summed E-state index contributed by atoms with van der Waals surface area (Å²) in [7, 11) is 1.54. The quantitative estimate of drug-likeness (QED) is 0.843. The van der Waals surface area contributed by atoms with Crippen molar-refractivity contribution in [1.82, 2.24) is 4.90 Å². The van der Waals surface area contributed by atoms with Crippen LogP contribution in [0.4, 0.5) is 0 Å². The number of hydrogen-bond acceptors (Lipinski definition) is 4. The van der Waals surface area contributed by atoms with E-state index in [-0.39, 0.29) is 31.2 Å². The first-order valence-corrected chi connectivity index (χ1v) is 7.63. The number of carbonyl (C=O) groups is 2. The number of rotatable bonds is 7. The number of carbonyl (C=O) groups excluding carboxylic acids is 1. The largest absolute Gasteiger partial charge is 0.485 e. The van der Waals surface area contributed by atoms with Crippen molar-refractivity contribution >= 4 is 11.9 Å². The topological polar surface area (TPSA) is 80.0 Å². The molecular weight excluding hydrogens is 310 g/mol. The Morgan fingerprint density at radius 2 is 1.96 bits per heavy atom. The Hall–Kier alpha value is -2.76. The molecule has 0 unspecified atom stereocenters. The number of ether oxygens (including phenoxy) is 1. The molecule has 1 heterocycles. The highest BCUT2D eigenvalue weighted by molar-refractivity contribution is 5.91. The number of hydrogen-bond donors (Lipinski definition) is 1. The van der Waals surface area contributed by atoms with Gasteiger partial charge >= 0.3 is 5.97 Å².